The molecule has 17 heteroatoms. The van der Waals surface area contributed by atoms with Gasteiger partial charge in [0.1, 0.15) is 0 Å². The zero-order chi connectivity index (χ0) is 13.6. The van der Waals surface area contributed by atoms with Crippen LogP contribution in [0.2, 0.25) is 0 Å². The van der Waals surface area contributed by atoms with E-state index in [2.05, 4.69) is 14.5 Å². The molecule has 0 aromatic heterocycles. The summed E-state index contributed by atoms with van der Waals surface area (Å²) >= 11 is -6.60. The van der Waals surface area contributed by atoms with Crippen LogP contribution in [0.25, 0.3) is 0 Å². The molecule has 0 heterocycles. The van der Waals surface area contributed by atoms with Gasteiger partial charge in [-0.3, -0.25) is 0 Å². The van der Waals surface area contributed by atoms with Crippen molar-refractivity contribution >= 4 is 16.5 Å². The maximum atomic E-state index is 9.89. The Hall–Kier alpha value is -2.56. The Morgan fingerprint density at radius 2 is 0.765 bits per heavy atom. The van der Waals surface area contributed by atoms with Gasteiger partial charge in [-0.2, -0.15) is 0 Å². The quantitative estimate of drug-likeness (QED) is 0.277. The van der Waals surface area contributed by atoms with Crippen molar-refractivity contribution in [2.75, 3.05) is 0 Å². The minimum atomic E-state index is -6.60. The van der Waals surface area contributed by atoms with E-state index < -0.39 is 36.8 Å². The van der Waals surface area contributed by atoms with Crippen LogP contribution in [0.4, 0.5) is 0 Å². The summed E-state index contributed by atoms with van der Waals surface area (Å²) in [6, 6.07) is 0. The van der Waals surface area contributed by atoms with Gasteiger partial charge >= 0.3 is 91.8 Å². The van der Waals surface area contributed by atoms with Crippen LogP contribution in [0.1, 0.15) is 0 Å². The van der Waals surface area contributed by atoms with Gasteiger partial charge in [0.15, 0.2) is 0 Å². The van der Waals surface area contributed by atoms with E-state index >= 15 is 0 Å². The van der Waals surface area contributed by atoms with Crippen molar-refractivity contribution in [2.45, 2.75) is 0 Å². The van der Waals surface area contributed by atoms with Gasteiger partial charge in [-0.05, 0) is 0 Å². The average Bonchev–Trinajstić information content (AvgIpc) is 1.95. The molecule has 0 saturated carbocycles. The van der Waals surface area contributed by atoms with Crippen molar-refractivity contribution in [3.8, 4) is 0 Å². The second-order valence-electron chi connectivity index (χ2n) is 1.89. The van der Waals surface area contributed by atoms with Gasteiger partial charge in [0.05, 0.1) is 0 Å². The fourth-order valence-corrected chi connectivity index (χ4v) is 2.79. The van der Waals surface area contributed by atoms with Crippen molar-refractivity contribution in [1.29, 1.82) is 0 Å². The summed E-state index contributed by atoms with van der Waals surface area (Å²) in [5.41, 5.74) is 0. The third kappa shape index (κ3) is 5.78. The predicted octanol–water partition coefficient (Wildman–Crippen LogP) is -1.74. The Labute approximate surface area is 92.6 Å². The summed E-state index contributed by atoms with van der Waals surface area (Å²) in [5.74, 6) is 0. The molecule has 0 radical (unpaired) electrons. The molecule has 0 aromatic rings. The molecule has 0 aromatic carbocycles. The summed E-state index contributed by atoms with van der Waals surface area (Å²) in [7, 11) is 0. The summed E-state index contributed by atoms with van der Waals surface area (Å²) < 4.78 is 13.2. The summed E-state index contributed by atoms with van der Waals surface area (Å²) in [5, 5.41) is 32.3. The van der Waals surface area contributed by atoms with Gasteiger partial charge in [-0.15, -0.1) is 0 Å². The number of hydrogen-bond donors (Lipinski definition) is 0. The SMILES string of the molecule is O=[N+]([O-])[O][Ga-]([O][N+](=O)[O-])([O][N+](=O)[O-])[O][N+](=O)[O-]. The van der Waals surface area contributed by atoms with Crippen LogP contribution < -0.4 is 0 Å². The molecule has 0 bridgehead atoms. The van der Waals surface area contributed by atoms with E-state index in [-0.39, 0.29) is 0 Å². The molecule has 0 rings (SSSR count). The van der Waals surface area contributed by atoms with Crippen LogP contribution in [0.3, 0.4) is 0 Å². The number of hydrogen-bond acceptors (Lipinski definition) is 12. The molecule has 0 aliphatic heterocycles. The molecule has 17 heavy (non-hydrogen) atoms. The van der Waals surface area contributed by atoms with Crippen molar-refractivity contribution in [3.05, 3.63) is 40.5 Å². The topological polar surface area (TPSA) is 209 Å². The van der Waals surface area contributed by atoms with Gasteiger partial charge in [0.2, 0.25) is 0 Å². The Kier molecular flexibility index (Phi) is 4.67. The van der Waals surface area contributed by atoms with Crippen LogP contribution in [-0.2, 0) is 14.5 Å². The van der Waals surface area contributed by atoms with Gasteiger partial charge in [0, 0.05) is 0 Å². The number of nitrogens with zero attached hydrogens (tertiary/aromatic N) is 4. The monoisotopic (exact) mass is 317 g/mol. The third-order valence-electron chi connectivity index (χ3n) is 0.861. The molecule has 0 spiro atoms. The van der Waals surface area contributed by atoms with Crippen LogP contribution in [0.5, 0.6) is 0 Å². The van der Waals surface area contributed by atoms with E-state index in [0.717, 1.165) is 0 Å². The molecule has 0 amide bonds. The van der Waals surface area contributed by atoms with Crippen LogP contribution in [0.15, 0.2) is 0 Å². The summed E-state index contributed by atoms with van der Waals surface area (Å²) in [4.78, 5) is 39.5. The van der Waals surface area contributed by atoms with Crippen molar-refractivity contribution in [3.63, 3.8) is 0 Å². The molecule has 16 nitrogen and oxygen atoms in total. The first-order valence-corrected chi connectivity index (χ1v) is 7.09. The average molecular weight is 318 g/mol. The Morgan fingerprint density at radius 3 is 0.882 bits per heavy atom. The van der Waals surface area contributed by atoms with E-state index in [1.807, 2.05) is 0 Å². The molecule has 0 saturated heterocycles. The third-order valence-corrected chi connectivity index (χ3v) is 4.47. The zero-order valence-corrected chi connectivity index (χ0v) is 9.69. The van der Waals surface area contributed by atoms with E-state index in [4.69, 9.17) is 0 Å². The predicted molar refractivity (Wildman–Crippen MR) is 38.1 cm³/mol. The molecule has 0 aliphatic rings. The van der Waals surface area contributed by atoms with E-state index in [1.165, 1.54) is 0 Å². The Morgan fingerprint density at radius 1 is 0.588 bits per heavy atom. The van der Waals surface area contributed by atoms with Crippen LogP contribution in [-0.4, -0.2) is 36.8 Å². The van der Waals surface area contributed by atoms with Gasteiger partial charge < -0.3 is 0 Å². The van der Waals surface area contributed by atoms with E-state index in [9.17, 15) is 40.5 Å². The fraction of sp³-hybridized carbons (Fsp3) is 0. The van der Waals surface area contributed by atoms with Crippen LogP contribution in [0, 0.1) is 40.5 Å². The molecule has 96 valence electrons. The van der Waals surface area contributed by atoms with Crippen LogP contribution >= 0.6 is 0 Å². The second-order valence-corrected chi connectivity index (χ2v) is 6.09. The Bertz CT molecular complexity index is 277. The van der Waals surface area contributed by atoms with E-state index in [0.29, 0.717) is 0 Å². The molecule has 0 fully saturated rings. The van der Waals surface area contributed by atoms with Gasteiger partial charge in [0.25, 0.3) is 0 Å². The van der Waals surface area contributed by atoms with Gasteiger partial charge in [-0.1, -0.05) is 0 Å². The minimum absolute atomic E-state index is 1.82. The maximum absolute atomic E-state index is 9.89. The second kappa shape index (κ2) is 5.50. The molecular weight excluding hydrogens is 318 g/mol. The Balaban J connectivity index is 5.16. The molecule has 0 aliphatic carbocycles. The van der Waals surface area contributed by atoms with Crippen molar-refractivity contribution in [1.82, 2.24) is 0 Å². The summed E-state index contributed by atoms with van der Waals surface area (Å²) in [6.07, 6.45) is 0. The first-order chi connectivity index (χ1) is 7.67. The van der Waals surface area contributed by atoms with E-state index in [1.54, 1.807) is 0 Å². The first-order valence-electron chi connectivity index (χ1n) is 3.13. The van der Waals surface area contributed by atoms with Crippen molar-refractivity contribution in [2.24, 2.45) is 0 Å². The fourth-order valence-electron chi connectivity index (χ4n) is 0.537. The molecule has 0 atom stereocenters. The molecule has 0 N–H and O–H groups in total. The normalized spacial score (nSPS) is 9.88. The number of rotatable bonds is 8. The standard InChI is InChI=1S/Ga.4NO3/c;4*2-1(3)4/q+3;4*-1. The molecule has 0 unspecified atom stereocenters. The zero-order valence-electron chi connectivity index (χ0n) is 7.27. The van der Waals surface area contributed by atoms with Crippen molar-refractivity contribution < 1.29 is 34.9 Å². The summed E-state index contributed by atoms with van der Waals surface area (Å²) in [6.45, 7) is 0. The molecular formula is GaN4O12-. The van der Waals surface area contributed by atoms with Gasteiger partial charge in [-0.25, -0.2) is 0 Å². The first kappa shape index (κ1) is 14.4.